The first-order chi connectivity index (χ1) is 4.50. The standard InChI is InChI=1S/C7H16P2.H2O/c1-2-4-6-9-7-8-5-3-1;/h8-9H,1-7H2;1H2. The summed E-state index contributed by atoms with van der Waals surface area (Å²) in [7, 11) is 2.60. The molecule has 1 rings (SSSR count). The van der Waals surface area contributed by atoms with Crippen molar-refractivity contribution in [1.82, 2.24) is 0 Å². The second-order valence-electron chi connectivity index (χ2n) is 2.59. The molecule has 0 aromatic carbocycles. The van der Waals surface area contributed by atoms with E-state index < -0.39 is 0 Å². The Kier molecular flexibility index (Phi) is 8.57. The molecule has 1 saturated heterocycles. The van der Waals surface area contributed by atoms with E-state index in [9.17, 15) is 0 Å². The first-order valence-electron chi connectivity index (χ1n) is 3.91. The molecule has 1 fully saturated rings. The molecule has 1 aliphatic heterocycles. The van der Waals surface area contributed by atoms with Crippen LogP contribution in [-0.4, -0.2) is 23.7 Å². The van der Waals surface area contributed by atoms with Crippen LogP contribution in [0.4, 0.5) is 0 Å². The third kappa shape index (κ3) is 5.59. The summed E-state index contributed by atoms with van der Waals surface area (Å²) < 4.78 is 0. The van der Waals surface area contributed by atoms with E-state index in [0.717, 1.165) is 0 Å². The molecule has 0 aromatic rings. The Labute approximate surface area is 67.2 Å². The van der Waals surface area contributed by atoms with Gasteiger partial charge in [-0.2, -0.15) is 0 Å². The van der Waals surface area contributed by atoms with Crippen LogP contribution in [0.3, 0.4) is 0 Å². The maximum atomic E-state index is 1.56. The second-order valence-corrected chi connectivity index (χ2v) is 6.01. The lowest BCUT2D eigenvalue weighted by Crippen LogP contribution is -1.78. The minimum atomic E-state index is 0. The zero-order chi connectivity index (χ0) is 6.36. The van der Waals surface area contributed by atoms with Crippen molar-refractivity contribution in [3.63, 3.8) is 0 Å². The zero-order valence-electron chi connectivity index (χ0n) is 6.45. The minimum Gasteiger partial charge on any atom is -0.412 e. The van der Waals surface area contributed by atoms with Gasteiger partial charge in [-0.15, -0.1) is 17.2 Å². The van der Waals surface area contributed by atoms with E-state index >= 15 is 0 Å². The van der Waals surface area contributed by atoms with Crippen LogP contribution in [-0.2, 0) is 0 Å². The van der Waals surface area contributed by atoms with Crippen molar-refractivity contribution >= 4 is 17.2 Å². The minimum absolute atomic E-state index is 0. The van der Waals surface area contributed by atoms with E-state index in [1.54, 1.807) is 5.90 Å². The smallest absolute Gasteiger partial charge is 0.0176 e. The normalized spacial score (nSPS) is 26.4. The van der Waals surface area contributed by atoms with Gasteiger partial charge in [-0.3, -0.25) is 0 Å². The number of hydrogen-bond acceptors (Lipinski definition) is 0. The Morgan fingerprint density at radius 1 is 0.700 bits per heavy atom. The fraction of sp³-hybridized carbons (Fsp3) is 1.00. The highest BCUT2D eigenvalue weighted by atomic mass is 31.1. The molecule has 1 nitrogen and oxygen atoms in total. The predicted octanol–water partition coefficient (Wildman–Crippen LogP) is 2.05. The molecule has 0 saturated carbocycles. The molecule has 2 N–H and O–H groups in total. The van der Waals surface area contributed by atoms with Crippen molar-refractivity contribution in [2.75, 3.05) is 18.2 Å². The Morgan fingerprint density at radius 2 is 1.20 bits per heavy atom. The van der Waals surface area contributed by atoms with E-state index in [-0.39, 0.29) is 5.48 Å². The van der Waals surface area contributed by atoms with Crippen molar-refractivity contribution in [3.05, 3.63) is 0 Å². The molecule has 1 aliphatic rings. The summed E-state index contributed by atoms with van der Waals surface area (Å²) in [6.45, 7) is 0. The highest BCUT2D eigenvalue weighted by Crippen LogP contribution is 2.28. The lowest BCUT2D eigenvalue weighted by Gasteiger charge is -1.94. The van der Waals surface area contributed by atoms with E-state index in [2.05, 4.69) is 0 Å². The summed E-state index contributed by atoms with van der Waals surface area (Å²) in [6, 6.07) is 0. The summed E-state index contributed by atoms with van der Waals surface area (Å²) in [5.41, 5.74) is 0. The molecule has 0 radical (unpaired) electrons. The van der Waals surface area contributed by atoms with Crippen molar-refractivity contribution in [2.45, 2.75) is 25.7 Å². The van der Waals surface area contributed by atoms with Crippen LogP contribution in [0.25, 0.3) is 0 Å². The van der Waals surface area contributed by atoms with Crippen molar-refractivity contribution in [1.29, 1.82) is 0 Å². The van der Waals surface area contributed by atoms with Gasteiger partial charge in [0.15, 0.2) is 0 Å². The summed E-state index contributed by atoms with van der Waals surface area (Å²) in [4.78, 5) is 0. The van der Waals surface area contributed by atoms with Gasteiger partial charge in [-0.05, 0) is 31.1 Å². The monoisotopic (exact) mass is 180 g/mol. The van der Waals surface area contributed by atoms with Crippen LogP contribution in [0.5, 0.6) is 0 Å². The summed E-state index contributed by atoms with van der Waals surface area (Å²) in [5, 5.41) is 0. The lowest BCUT2D eigenvalue weighted by molar-refractivity contribution is 0.711. The molecule has 1 heterocycles. The quantitative estimate of drug-likeness (QED) is 0.511. The van der Waals surface area contributed by atoms with E-state index in [1.165, 1.54) is 55.2 Å². The molecule has 0 bridgehead atoms. The van der Waals surface area contributed by atoms with Gasteiger partial charge in [-0.1, -0.05) is 12.8 Å². The van der Waals surface area contributed by atoms with Crippen LogP contribution in [0.1, 0.15) is 25.7 Å². The summed E-state index contributed by atoms with van der Waals surface area (Å²) in [6.07, 6.45) is 9.13. The van der Waals surface area contributed by atoms with Crippen LogP contribution in [0.15, 0.2) is 0 Å². The van der Waals surface area contributed by atoms with Crippen LogP contribution >= 0.6 is 17.2 Å². The van der Waals surface area contributed by atoms with Crippen molar-refractivity contribution in [3.8, 4) is 0 Å². The van der Waals surface area contributed by atoms with Gasteiger partial charge < -0.3 is 5.48 Å². The Hall–Kier alpha value is 0.820. The van der Waals surface area contributed by atoms with Gasteiger partial charge in [0.05, 0.1) is 0 Å². The Morgan fingerprint density at radius 3 is 1.70 bits per heavy atom. The maximum Gasteiger partial charge on any atom is -0.0176 e. The highest BCUT2D eigenvalue weighted by Gasteiger charge is 1.95. The number of rotatable bonds is 0. The lowest BCUT2D eigenvalue weighted by atomic mass is 10.2. The van der Waals surface area contributed by atoms with Gasteiger partial charge in [0.25, 0.3) is 0 Å². The van der Waals surface area contributed by atoms with Gasteiger partial charge >= 0.3 is 0 Å². The molecular formula is C7H18OP2. The first-order valence-corrected chi connectivity index (χ1v) is 6.74. The molecule has 0 amide bonds. The second kappa shape index (κ2) is 7.92. The van der Waals surface area contributed by atoms with Crippen LogP contribution < -0.4 is 0 Å². The molecule has 0 aliphatic carbocycles. The molecule has 2 unspecified atom stereocenters. The topological polar surface area (TPSA) is 31.5 Å². The molecule has 62 valence electrons. The largest absolute Gasteiger partial charge is 0.412 e. The van der Waals surface area contributed by atoms with E-state index in [4.69, 9.17) is 0 Å². The summed E-state index contributed by atoms with van der Waals surface area (Å²) in [5.74, 6) is 1.56. The Balaban J connectivity index is 0.000000810. The molecule has 2 atom stereocenters. The van der Waals surface area contributed by atoms with Crippen molar-refractivity contribution < 1.29 is 5.48 Å². The summed E-state index contributed by atoms with van der Waals surface area (Å²) >= 11 is 0. The Bertz CT molecular complexity index is 40.1. The first kappa shape index (κ1) is 10.8. The molecular weight excluding hydrogens is 162 g/mol. The van der Waals surface area contributed by atoms with Crippen LogP contribution in [0.2, 0.25) is 0 Å². The number of hydrogen-bond donors (Lipinski definition) is 0. The molecule has 10 heavy (non-hydrogen) atoms. The SMILES string of the molecule is C1CCCPCPCC1.O. The third-order valence-corrected chi connectivity index (χ3v) is 5.12. The van der Waals surface area contributed by atoms with Crippen molar-refractivity contribution in [2.24, 2.45) is 0 Å². The average molecular weight is 180 g/mol. The molecule has 0 spiro atoms. The van der Waals surface area contributed by atoms with Gasteiger partial charge in [-0.25, -0.2) is 0 Å². The van der Waals surface area contributed by atoms with E-state index in [0.29, 0.717) is 0 Å². The highest BCUT2D eigenvalue weighted by molar-refractivity contribution is 7.56. The third-order valence-electron chi connectivity index (χ3n) is 1.71. The molecule has 3 heteroatoms. The maximum absolute atomic E-state index is 1.56. The van der Waals surface area contributed by atoms with Gasteiger partial charge in [0.2, 0.25) is 0 Å². The fourth-order valence-electron chi connectivity index (χ4n) is 1.12. The van der Waals surface area contributed by atoms with E-state index in [1.807, 2.05) is 0 Å². The predicted molar refractivity (Wildman–Crippen MR) is 53.3 cm³/mol. The average Bonchev–Trinajstić information content (AvgIpc) is 2.00. The van der Waals surface area contributed by atoms with Gasteiger partial charge in [0, 0.05) is 0 Å². The zero-order valence-corrected chi connectivity index (χ0v) is 8.45. The van der Waals surface area contributed by atoms with Crippen LogP contribution in [0, 0.1) is 0 Å². The fourth-order valence-corrected chi connectivity index (χ4v) is 4.24. The molecule has 0 aromatic heterocycles. The van der Waals surface area contributed by atoms with Gasteiger partial charge in [0.1, 0.15) is 0 Å².